The fraction of sp³-hybridized carbons (Fsp3) is 0.636. The largest absolute Gasteiger partial charge is 0.296 e. The summed E-state index contributed by atoms with van der Waals surface area (Å²) in [5, 5.41) is 0. The molecule has 0 atom stereocenters. The van der Waals surface area contributed by atoms with Gasteiger partial charge in [-0.15, -0.1) is 0 Å². The van der Waals surface area contributed by atoms with Crippen molar-refractivity contribution in [3.8, 4) is 0 Å². The summed E-state index contributed by atoms with van der Waals surface area (Å²) in [7, 11) is 0. The summed E-state index contributed by atoms with van der Waals surface area (Å²) in [5.41, 5.74) is 0.0197. The number of hydrogen-bond acceptors (Lipinski definition) is 2. The molecule has 84 valence electrons. The van der Waals surface area contributed by atoms with Crippen molar-refractivity contribution in [2.45, 2.75) is 40.2 Å². The molecule has 15 heavy (non-hydrogen) atoms. The number of hydrogen-bond donors (Lipinski definition) is 0. The molecule has 0 aliphatic heterocycles. The maximum absolute atomic E-state index is 11.7. The molecular formula is C11H17BrN2O. The summed E-state index contributed by atoms with van der Waals surface area (Å²) in [6.45, 7) is 7.00. The van der Waals surface area contributed by atoms with Crippen LogP contribution in [0, 0.1) is 12.8 Å². The Labute approximate surface area is 98.7 Å². The molecule has 0 aromatic carbocycles. The van der Waals surface area contributed by atoms with Crippen LogP contribution in [-0.2, 0) is 6.54 Å². The highest BCUT2D eigenvalue weighted by atomic mass is 79.9. The van der Waals surface area contributed by atoms with Crippen molar-refractivity contribution in [2.75, 3.05) is 0 Å². The van der Waals surface area contributed by atoms with Crippen LogP contribution in [0.3, 0.4) is 0 Å². The van der Waals surface area contributed by atoms with Gasteiger partial charge in [0.1, 0.15) is 10.3 Å². The Balaban J connectivity index is 2.76. The van der Waals surface area contributed by atoms with E-state index in [4.69, 9.17) is 0 Å². The zero-order valence-corrected chi connectivity index (χ0v) is 11.0. The first-order valence-corrected chi connectivity index (χ1v) is 6.03. The van der Waals surface area contributed by atoms with Crippen LogP contribution in [0.15, 0.2) is 15.5 Å². The zero-order chi connectivity index (χ0) is 11.4. The second-order valence-electron chi connectivity index (χ2n) is 4.15. The summed E-state index contributed by atoms with van der Waals surface area (Å²) < 4.78 is 2.27. The molecule has 0 aliphatic rings. The van der Waals surface area contributed by atoms with Crippen molar-refractivity contribution in [3.05, 3.63) is 26.8 Å². The molecule has 3 nitrogen and oxygen atoms in total. The first kappa shape index (κ1) is 12.4. The molecule has 0 saturated carbocycles. The minimum absolute atomic E-state index is 0.0197. The van der Waals surface area contributed by atoms with Crippen LogP contribution in [0.25, 0.3) is 0 Å². The van der Waals surface area contributed by atoms with Crippen LogP contribution in [-0.4, -0.2) is 9.55 Å². The molecule has 0 radical (unpaired) electrons. The van der Waals surface area contributed by atoms with Crippen LogP contribution in [0.2, 0.25) is 0 Å². The molecule has 1 rings (SSSR count). The van der Waals surface area contributed by atoms with Gasteiger partial charge in [0.05, 0.1) is 0 Å². The van der Waals surface area contributed by atoms with E-state index < -0.39 is 0 Å². The molecule has 0 saturated heterocycles. The molecule has 0 aliphatic carbocycles. The van der Waals surface area contributed by atoms with Gasteiger partial charge in [0, 0.05) is 12.7 Å². The highest BCUT2D eigenvalue weighted by molar-refractivity contribution is 9.10. The highest BCUT2D eigenvalue weighted by Crippen LogP contribution is 2.06. The van der Waals surface area contributed by atoms with Gasteiger partial charge < -0.3 is 0 Å². The minimum Gasteiger partial charge on any atom is -0.296 e. The lowest BCUT2D eigenvalue weighted by molar-refractivity contribution is 0.496. The van der Waals surface area contributed by atoms with Gasteiger partial charge in [-0.1, -0.05) is 13.8 Å². The molecule has 1 aromatic heterocycles. The van der Waals surface area contributed by atoms with E-state index in [2.05, 4.69) is 34.8 Å². The zero-order valence-electron chi connectivity index (χ0n) is 9.46. The van der Waals surface area contributed by atoms with Gasteiger partial charge in [-0.25, -0.2) is 4.98 Å². The molecule has 0 amide bonds. The number of halogens is 1. The Morgan fingerprint density at radius 3 is 2.80 bits per heavy atom. The Kier molecular flexibility index (Phi) is 4.51. The van der Waals surface area contributed by atoms with Gasteiger partial charge in [-0.05, 0) is 41.6 Å². The predicted octanol–water partition coefficient (Wildman–Crippen LogP) is 2.75. The molecule has 0 spiro atoms. The first-order chi connectivity index (χ1) is 7.02. The van der Waals surface area contributed by atoms with Crippen molar-refractivity contribution in [3.63, 3.8) is 0 Å². The van der Waals surface area contributed by atoms with Crippen LogP contribution >= 0.6 is 15.9 Å². The lowest BCUT2D eigenvalue weighted by atomic mass is 10.1. The van der Waals surface area contributed by atoms with Crippen LogP contribution < -0.4 is 5.56 Å². The molecule has 0 bridgehead atoms. The van der Waals surface area contributed by atoms with E-state index in [1.165, 1.54) is 0 Å². The van der Waals surface area contributed by atoms with Gasteiger partial charge >= 0.3 is 0 Å². The molecule has 1 heterocycles. The van der Waals surface area contributed by atoms with Crippen molar-refractivity contribution < 1.29 is 0 Å². The third-order valence-electron chi connectivity index (χ3n) is 2.37. The molecule has 4 heteroatoms. The van der Waals surface area contributed by atoms with Crippen LogP contribution in [0.4, 0.5) is 0 Å². The highest BCUT2D eigenvalue weighted by Gasteiger charge is 2.05. The molecule has 0 unspecified atom stereocenters. The molecular weight excluding hydrogens is 256 g/mol. The van der Waals surface area contributed by atoms with E-state index in [1.807, 2.05) is 6.92 Å². The monoisotopic (exact) mass is 272 g/mol. The standard InChI is InChI=1S/C11H17BrN2O/c1-8(2)5-4-6-14-9(3)13-7-10(12)11(14)15/h7-8H,4-6H2,1-3H3. The van der Waals surface area contributed by atoms with E-state index in [0.717, 1.165) is 25.2 Å². The van der Waals surface area contributed by atoms with E-state index in [-0.39, 0.29) is 5.56 Å². The second-order valence-corrected chi connectivity index (χ2v) is 5.00. The van der Waals surface area contributed by atoms with E-state index in [9.17, 15) is 4.79 Å². The van der Waals surface area contributed by atoms with Crippen LogP contribution in [0.5, 0.6) is 0 Å². The van der Waals surface area contributed by atoms with Gasteiger partial charge in [0.25, 0.3) is 5.56 Å². The molecule has 0 N–H and O–H groups in total. The van der Waals surface area contributed by atoms with E-state index in [1.54, 1.807) is 10.8 Å². The van der Waals surface area contributed by atoms with Gasteiger partial charge in [0.15, 0.2) is 0 Å². The summed E-state index contributed by atoms with van der Waals surface area (Å²) >= 11 is 3.21. The first-order valence-electron chi connectivity index (χ1n) is 5.24. The number of rotatable bonds is 4. The topological polar surface area (TPSA) is 34.9 Å². The summed E-state index contributed by atoms with van der Waals surface area (Å²) in [6, 6.07) is 0. The quantitative estimate of drug-likeness (QED) is 0.845. The smallest absolute Gasteiger partial charge is 0.267 e. The van der Waals surface area contributed by atoms with Crippen molar-refractivity contribution in [2.24, 2.45) is 5.92 Å². The number of nitrogens with zero attached hydrogens (tertiary/aromatic N) is 2. The third-order valence-corrected chi connectivity index (χ3v) is 2.91. The maximum atomic E-state index is 11.7. The van der Waals surface area contributed by atoms with Gasteiger partial charge in [0.2, 0.25) is 0 Å². The maximum Gasteiger partial charge on any atom is 0.267 e. The second kappa shape index (κ2) is 5.45. The number of aromatic nitrogens is 2. The van der Waals surface area contributed by atoms with Gasteiger partial charge in [-0.2, -0.15) is 0 Å². The minimum atomic E-state index is 0.0197. The van der Waals surface area contributed by atoms with Crippen LogP contribution in [0.1, 0.15) is 32.5 Å². The Morgan fingerprint density at radius 1 is 1.53 bits per heavy atom. The summed E-state index contributed by atoms with van der Waals surface area (Å²) in [5.74, 6) is 1.47. The third kappa shape index (κ3) is 3.45. The van der Waals surface area contributed by atoms with Gasteiger partial charge in [-0.3, -0.25) is 9.36 Å². The van der Waals surface area contributed by atoms with Crippen molar-refractivity contribution >= 4 is 15.9 Å². The SMILES string of the molecule is Cc1ncc(Br)c(=O)n1CCCC(C)C. The average Bonchev–Trinajstić information content (AvgIpc) is 2.17. The lowest BCUT2D eigenvalue weighted by Gasteiger charge is -2.10. The number of aryl methyl sites for hydroxylation is 1. The fourth-order valence-corrected chi connectivity index (χ4v) is 1.79. The Bertz CT molecular complexity index is 385. The Hall–Kier alpha value is -0.640. The lowest BCUT2D eigenvalue weighted by Crippen LogP contribution is -2.24. The summed E-state index contributed by atoms with van der Waals surface area (Å²) in [6.07, 6.45) is 3.73. The fourth-order valence-electron chi connectivity index (χ4n) is 1.47. The molecule has 1 aromatic rings. The van der Waals surface area contributed by atoms with E-state index >= 15 is 0 Å². The summed E-state index contributed by atoms with van der Waals surface area (Å²) in [4.78, 5) is 15.9. The Morgan fingerprint density at radius 2 is 2.20 bits per heavy atom. The predicted molar refractivity (Wildman–Crippen MR) is 65.0 cm³/mol. The normalized spacial score (nSPS) is 11.0. The van der Waals surface area contributed by atoms with Crippen molar-refractivity contribution in [1.82, 2.24) is 9.55 Å². The van der Waals surface area contributed by atoms with Crippen molar-refractivity contribution in [1.29, 1.82) is 0 Å². The average molecular weight is 273 g/mol. The molecule has 0 fully saturated rings. The van der Waals surface area contributed by atoms with E-state index in [0.29, 0.717) is 10.4 Å².